The van der Waals surface area contributed by atoms with Crippen molar-refractivity contribution in [2.75, 3.05) is 0 Å². The zero-order valence-electron chi connectivity index (χ0n) is 10.5. The van der Waals surface area contributed by atoms with E-state index in [4.69, 9.17) is 0 Å². The van der Waals surface area contributed by atoms with E-state index >= 15 is 4.39 Å². The largest absolute Gasteiger partial charge is 0.242 e. The minimum Gasteiger partial charge on any atom is -0.242 e. The topological polar surface area (TPSA) is 0 Å². The van der Waals surface area contributed by atoms with Crippen LogP contribution in [0.15, 0.2) is 42.5 Å². The number of rotatable bonds is 0. The second-order valence-corrected chi connectivity index (χ2v) is 5.69. The Morgan fingerprint density at radius 1 is 1.00 bits per heavy atom. The van der Waals surface area contributed by atoms with Gasteiger partial charge in [-0.15, -0.1) is 0 Å². The molecule has 2 aromatic carbocycles. The molecule has 2 aromatic rings. The molecule has 2 aliphatic rings. The molecule has 0 heterocycles. The van der Waals surface area contributed by atoms with Crippen LogP contribution in [-0.2, 0) is 12.8 Å². The van der Waals surface area contributed by atoms with E-state index in [9.17, 15) is 4.39 Å². The number of alkyl halides is 1. The highest BCUT2D eigenvalue weighted by Gasteiger charge is 2.49. The van der Waals surface area contributed by atoms with Gasteiger partial charge in [-0.25, -0.2) is 8.78 Å². The van der Waals surface area contributed by atoms with Gasteiger partial charge in [-0.1, -0.05) is 30.3 Å². The van der Waals surface area contributed by atoms with E-state index in [1.807, 2.05) is 30.3 Å². The third-order valence-corrected chi connectivity index (χ3v) is 4.60. The van der Waals surface area contributed by atoms with E-state index in [2.05, 4.69) is 0 Å². The molecule has 0 radical (unpaired) electrons. The van der Waals surface area contributed by atoms with Gasteiger partial charge in [-0.2, -0.15) is 0 Å². The molecule has 0 aromatic heterocycles. The van der Waals surface area contributed by atoms with E-state index in [-0.39, 0.29) is 11.7 Å². The summed E-state index contributed by atoms with van der Waals surface area (Å²) in [6.45, 7) is 0. The number of hydrogen-bond acceptors (Lipinski definition) is 0. The van der Waals surface area contributed by atoms with Crippen LogP contribution in [0.2, 0.25) is 0 Å². The van der Waals surface area contributed by atoms with Gasteiger partial charge < -0.3 is 0 Å². The molecule has 0 fully saturated rings. The molecule has 2 unspecified atom stereocenters. The van der Waals surface area contributed by atoms with Gasteiger partial charge in [0.2, 0.25) is 0 Å². The lowest BCUT2D eigenvalue weighted by Gasteiger charge is -2.34. The summed E-state index contributed by atoms with van der Waals surface area (Å²) in [5.74, 6) is -0.560. The predicted molar refractivity (Wildman–Crippen MR) is 70.5 cm³/mol. The first-order valence-corrected chi connectivity index (χ1v) is 6.72. The summed E-state index contributed by atoms with van der Waals surface area (Å²) in [6, 6.07) is 12.7. The lowest BCUT2D eigenvalue weighted by molar-refractivity contribution is 0.133. The van der Waals surface area contributed by atoms with Crippen LogP contribution in [0.25, 0.3) is 0 Å². The van der Waals surface area contributed by atoms with Crippen molar-refractivity contribution in [1.82, 2.24) is 0 Å². The Morgan fingerprint density at radius 3 is 2.74 bits per heavy atom. The van der Waals surface area contributed by atoms with Crippen molar-refractivity contribution >= 4 is 0 Å². The predicted octanol–water partition coefficient (Wildman–Crippen LogP) is 4.17. The van der Waals surface area contributed by atoms with Crippen molar-refractivity contribution in [2.24, 2.45) is 0 Å². The average Bonchev–Trinajstić information content (AvgIpc) is 2.71. The molecule has 4 rings (SSSR count). The zero-order valence-corrected chi connectivity index (χ0v) is 10.5. The standard InChI is InChI=1S/C17H14F2/c18-13-6-5-11-7-8-17(19)10-12-3-1-2-4-14(12)16(17)15(11)9-13/h1-6,9,16H,7-8,10H2. The monoisotopic (exact) mass is 256 g/mol. The van der Waals surface area contributed by atoms with Gasteiger partial charge in [0.05, 0.1) is 0 Å². The fourth-order valence-electron chi connectivity index (χ4n) is 3.76. The molecule has 0 aliphatic heterocycles. The Morgan fingerprint density at radius 2 is 1.84 bits per heavy atom. The van der Waals surface area contributed by atoms with Gasteiger partial charge in [0.25, 0.3) is 0 Å². The van der Waals surface area contributed by atoms with E-state index in [0.29, 0.717) is 19.3 Å². The highest BCUT2D eigenvalue weighted by Crippen LogP contribution is 2.53. The Balaban J connectivity index is 1.97. The Hall–Kier alpha value is -1.70. The van der Waals surface area contributed by atoms with Crippen LogP contribution in [0, 0.1) is 5.82 Å². The highest BCUT2D eigenvalue weighted by molar-refractivity contribution is 5.51. The summed E-state index contributed by atoms with van der Waals surface area (Å²) in [4.78, 5) is 0. The first kappa shape index (κ1) is 11.2. The quantitative estimate of drug-likeness (QED) is 0.663. The van der Waals surface area contributed by atoms with Gasteiger partial charge in [0.1, 0.15) is 11.5 Å². The first-order chi connectivity index (χ1) is 9.17. The summed E-state index contributed by atoms with van der Waals surface area (Å²) in [5, 5.41) is 0. The summed E-state index contributed by atoms with van der Waals surface area (Å²) < 4.78 is 28.8. The number of benzene rings is 2. The van der Waals surface area contributed by atoms with Crippen LogP contribution in [0.3, 0.4) is 0 Å². The maximum Gasteiger partial charge on any atom is 0.126 e. The summed E-state index contributed by atoms with van der Waals surface area (Å²) in [7, 11) is 0. The molecule has 2 aliphatic carbocycles. The molecule has 19 heavy (non-hydrogen) atoms. The second kappa shape index (κ2) is 3.66. The zero-order chi connectivity index (χ0) is 13.0. The third kappa shape index (κ3) is 1.49. The van der Waals surface area contributed by atoms with E-state index < -0.39 is 5.67 Å². The molecular weight excluding hydrogens is 242 g/mol. The maximum absolute atomic E-state index is 15.2. The van der Waals surface area contributed by atoms with Crippen molar-refractivity contribution in [2.45, 2.75) is 30.8 Å². The molecule has 0 saturated heterocycles. The Bertz CT molecular complexity index is 662. The number of aryl methyl sites for hydroxylation is 1. The van der Waals surface area contributed by atoms with E-state index in [1.54, 1.807) is 0 Å². The van der Waals surface area contributed by atoms with E-state index in [1.165, 1.54) is 12.1 Å². The molecule has 0 saturated carbocycles. The van der Waals surface area contributed by atoms with Crippen molar-refractivity contribution in [3.63, 3.8) is 0 Å². The molecule has 0 nitrogen and oxygen atoms in total. The van der Waals surface area contributed by atoms with Crippen molar-refractivity contribution < 1.29 is 8.78 Å². The van der Waals surface area contributed by atoms with Crippen molar-refractivity contribution in [3.8, 4) is 0 Å². The van der Waals surface area contributed by atoms with Gasteiger partial charge in [0.15, 0.2) is 0 Å². The van der Waals surface area contributed by atoms with E-state index in [0.717, 1.165) is 22.3 Å². The molecule has 96 valence electrons. The third-order valence-electron chi connectivity index (χ3n) is 4.60. The summed E-state index contributed by atoms with van der Waals surface area (Å²) in [5.41, 5.74) is 2.82. The first-order valence-electron chi connectivity index (χ1n) is 6.72. The van der Waals surface area contributed by atoms with Crippen LogP contribution in [0.5, 0.6) is 0 Å². The normalized spacial score (nSPS) is 27.6. The maximum atomic E-state index is 15.2. The lowest BCUT2D eigenvalue weighted by atomic mass is 9.73. The average molecular weight is 256 g/mol. The fourth-order valence-corrected chi connectivity index (χ4v) is 3.76. The van der Waals surface area contributed by atoms with Gasteiger partial charge in [-0.3, -0.25) is 0 Å². The molecule has 2 heteroatoms. The van der Waals surface area contributed by atoms with Gasteiger partial charge >= 0.3 is 0 Å². The number of hydrogen-bond donors (Lipinski definition) is 0. The Labute approximate surface area is 111 Å². The van der Waals surface area contributed by atoms with Crippen LogP contribution < -0.4 is 0 Å². The summed E-state index contributed by atoms with van der Waals surface area (Å²) in [6.07, 6.45) is 1.70. The van der Waals surface area contributed by atoms with Gasteiger partial charge in [-0.05, 0) is 47.2 Å². The lowest BCUT2D eigenvalue weighted by Crippen LogP contribution is -2.34. The highest BCUT2D eigenvalue weighted by atomic mass is 19.1. The molecule has 2 atom stereocenters. The molecule has 0 bridgehead atoms. The SMILES string of the molecule is Fc1ccc2c(c1)C1c3ccccc3CC1(F)CC2. The van der Waals surface area contributed by atoms with Crippen LogP contribution in [0.4, 0.5) is 8.78 Å². The number of fused-ring (bicyclic) bond motifs is 5. The molecule has 0 N–H and O–H groups in total. The van der Waals surface area contributed by atoms with Crippen molar-refractivity contribution in [1.29, 1.82) is 0 Å². The summed E-state index contributed by atoms with van der Waals surface area (Å²) >= 11 is 0. The minimum absolute atomic E-state index is 0.271. The molecule has 0 amide bonds. The fraction of sp³-hybridized carbons (Fsp3) is 0.294. The Kier molecular flexibility index (Phi) is 2.15. The minimum atomic E-state index is -1.23. The molecular formula is C17H14F2. The van der Waals surface area contributed by atoms with Gasteiger partial charge in [0, 0.05) is 12.3 Å². The van der Waals surface area contributed by atoms with Crippen LogP contribution >= 0.6 is 0 Å². The second-order valence-electron chi connectivity index (χ2n) is 5.69. The molecule has 0 spiro atoms. The van der Waals surface area contributed by atoms with Crippen molar-refractivity contribution in [3.05, 3.63) is 70.5 Å². The smallest absolute Gasteiger partial charge is 0.126 e. The van der Waals surface area contributed by atoms with Crippen LogP contribution in [0.1, 0.15) is 34.6 Å². The number of halogens is 2. The van der Waals surface area contributed by atoms with Crippen LogP contribution in [-0.4, -0.2) is 5.67 Å².